The Hall–Kier alpha value is -1.09. The highest BCUT2D eigenvalue weighted by Crippen LogP contribution is 2.22. The van der Waals surface area contributed by atoms with Crippen LogP contribution in [0.25, 0.3) is 0 Å². The Morgan fingerprint density at radius 3 is 2.47 bits per heavy atom. The first kappa shape index (κ1) is 10.4. The van der Waals surface area contributed by atoms with E-state index in [1.165, 1.54) is 12.1 Å². The molecule has 0 radical (unpaired) electrons. The van der Waals surface area contributed by atoms with Crippen molar-refractivity contribution >= 4 is 5.69 Å². The zero-order chi connectivity index (χ0) is 10.7. The first-order valence-corrected chi connectivity index (χ1v) is 5.46. The Balaban J connectivity index is 1.98. The summed E-state index contributed by atoms with van der Waals surface area (Å²) in [5.41, 5.74) is 0.877. The lowest BCUT2D eigenvalue weighted by Gasteiger charge is -2.29. The summed E-state index contributed by atoms with van der Waals surface area (Å²) in [5.74, 6) is -0.232. The summed E-state index contributed by atoms with van der Waals surface area (Å²) < 4.78 is 12.7. The van der Waals surface area contributed by atoms with Gasteiger partial charge in [0.15, 0.2) is 0 Å². The summed E-state index contributed by atoms with van der Waals surface area (Å²) in [5, 5.41) is 13.0. The van der Waals surface area contributed by atoms with Gasteiger partial charge in [-0.3, -0.25) is 0 Å². The molecule has 2 N–H and O–H groups in total. The fourth-order valence-corrected chi connectivity index (χ4v) is 2.04. The molecular formula is C12H16FNO. The predicted molar refractivity (Wildman–Crippen MR) is 58.3 cm³/mol. The molecule has 1 aromatic carbocycles. The van der Waals surface area contributed by atoms with Gasteiger partial charge in [0.2, 0.25) is 0 Å². The second kappa shape index (κ2) is 4.62. The van der Waals surface area contributed by atoms with Crippen molar-refractivity contribution in [3.63, 3.8) is 0 Å². The van der Waals surface area contributed by atoms with Crippen LogP contribution in [0.5, 0.6) is 0 Å². The van der Waals surface area contributed by atoms with Crippen molar-refractivity contribution in [3.8, 4) is 0 Å². The second-order valence-corrected chi connectivity index (χ2v) is 4.11. The molecule has 1 aromatic rings. The second-order valence-electron chi connectivity index (χ2n) is 4.11. The number of halogens is 1. The summed E-state index contributed by atoms with van der Waals surface area (Å²) in [6.07, 6.45) is 3.82. The van der Waals surface area contributed by atoms with Gasteiger partial charge in [-0.1, -0.05) is 12.8 Å². The lowest BCUT2D eigenvalue weighted by atomic mass is 9.92. The lowest BCUT2D eigenvalue weighted by molar-refractivity contribution is 0.116. The maximum Gasteiger partial charge on any atom is 0.123 e. The van der Waals surface area contributed by atoms with Gasteiger partial charge in [-0.15, -0.1) is 0 Å². The van der Waals surface area contributed by atoms with Crippen LogP contribution in [0.2, 0.25) is 0 Å². The van der Waals surface area contributed by atoms with E-state index in [0.717, 1.165) is 31.4 Å². The number of hydrogen-bond donors (Lipinski definition) is 2. The summed E-state index contributed by atoms with van der Waals surface area (Å²) in [6.45, 7) is 0. The van der Waals surface area contributed by atoms with Crippen LogP contribution in [0, 0.1) is 5.82 Å². The van der Waals surface area contributed by atoms with Gasteiger partial charge < -0.3 is 10.4 Å². The molecule has 0 aromatic heterocycles. The fourth-order valence-electron chi connectivity index (χ4n) is 2.04. The molecular weight excluding hydrogens is 193 g/mol. The molecule has 0 aliphatic heterocycles. The third kappa shape index (κ3) is 2.69. The topological polar surface area (TPSA) is 32.3 Å². The van der Waals surface area contributed by atoms with Crippen LogP contribution in [0.15, 0.2) is 24.3 Å². The maximum atomic E-state index is 12.7. The van der Waals surface area contributed by atoms with Gasteiger partial charge in [-0.2, -0.15) is 0 Å². The van der Waals surface area contributed by atoms with Crippen molar-refractivity contribution in [3.05, 3.63) is 30.1 Å². The Kier molecular flexibility index (Phi) is 3.21. The Morgan fingerprint density at radius 2 is 1.80 bits per heavy atom. The molecule has 0 heterocycles. The molecule has 0 spiro atoms. The SMILES string of the molecule is OC1CCCCC1Nc1ccc(F)cc1. The number of nitrogens with one attached hydrogen (secondary N) is 1. The molecule has 1 fully saturated rings. The van der Waals surface area contributed by atoms with Crippen molar-refractivity contribution in [2.24, 2.45) is 0 Å². The van der Waals surface area contributed by atoms with E-state index in [9.17, 15) is 9.50 Å². The third-order valence-electron chi connectivity index (χ3n) is 2.93. The standard InChI is InChI=1S/C12H16FNO/c13-9-5-7-10(8-6-9)14-11-3-1-2-4-12(11)15/h5-8,11-12,14-15H,1-4H2. The van der Waals surface area contributed by atoms with E-state index >= 15 is 0 Å². The fraction of sp³-hybridized carbons (Fsp3) is 0.500. The zero-order valence-electron chi connectivity index (χ0n) is 8.62. The van der Waals surface area contributed by atoms with Gasteiger partial charge in [0.25, 0.3) is 0 Å². The highest BCUT2D eigenvalue weighted by Gasteiger charge is 2.22. The first-order valence-electron chi connectivity index (χ1n) is 5.46. The number of aliphatic hydroxyl groups excluding tert-OH is 1. The number of benzene rings is 1. The average molecular weight is 209 g/mol. The molecule has 3 heteroatoms. The smallest absolute Gasteiger partial charge is 0.123 e. The minimum absolute atomic E-state index is 0.115. The van der Waals surface area contributed by atoms with Crippen LogP contribution in [0.4, 0.5) is 10.1 Å². The molecule has 2 nitrogen and oxygen atoms in total. The summed E-state index contributed by atoms with van der Waals surface area (Å²) in [4.78, 5) is 0. The molecule has 1 aliphatic carbocycles. The summed E-state index contributed by atoms with van der Waals surface area (Å²) in [6, 6.07) is 6.38. The van der Waals surface area contributed by atoms with E-state index in [1.54, 1.807) is 12.1 Å². The molecule has 1 aliphatic rings. The van der Waals surface area contributed by atoms with E-state index in [1.807, 2.05) is 0 Å². The molecule has 1 saturated carbocycles. The molecule has 2 unspecified atom stereocenters. The molecule has 0 saturated heterocycles. The minimum Gasteiger partial charge on any atom is -0.391 e. The van der Waals surface area contributed by atoms with Crippen LogP contribution in [0.1, 0.15) is 25.7 Å². The molecule has 2 rings (SSSR count). The van der Waals surface area contributed by atoms with Crippen molar-refractivity contribution in [2.75, 3.05) is 5.32 Å². The molecule has 0 amide bonds. The largest absolute Gasteiger partial charge is 0.391 e. The maximum absolute atomic E-state index is 12.7. The molecule has 82 valence electrons. The van der Waals surface area contributed by atoms with Gasteiger partial charge in [0.1, 0.15) is 5.82 Å². The van der Waals surface area contributed by atoms with Crippen molar-refractivity contribution < 1.29 is 9.50 Å². The van der Waals surface area contributed by atoms with Gasteiger partial charge in [0.05, 0.1) is 12.1 Å². The minimum atomic E-state index is -0.274. The predicted octanol–water partition coefficient (Wildman–Crippen LogP) is 2.54. The van der Waals surface area contributed by atoms with Gasteiger partial charge in [-0.05, 0) is 37.1 Å². The van der Waals surface area contributed by atoms with E-state index in [4.69, 9.17) is 0 Å². The van der Waals surface area contributed by atoms with Crippen LogP contribution in [0.3, 0.4) is 0 Å². The quantitative estimate of drug-likeness (QED) is 0.784. The van der Waals surface area contributed by atoms with Crippen LogP contribution in [-0.2, 0) is 0 Å². The normalized spacial score (nSPS) is 26.3. The number of rotatable bonds is 2. The number of anilines is 1. The Bertz CT molecular complexity index is 312. The summed E-state index contributed by atoms with van der Waals surface area (Å²) >= 11 is 0. The monoisotopic (exact) mass is 209 g/mol. The van der Waals surface area contributed by atoms with Gasteiger partial charge >= 0.3 is 0 Å². The van der Waals surface area contributed by atoms with E-state index in [0.29, 0.717) is 0 Å². The Labute approximate surface area is 89.1 Å². The van der Waals surface area contributed by atoms with Crippen LogP contribution in [-0.4, -0.2) is 17.3 Å². The molecule has 0 bridgehead atoms. The molecule has 15 heavy (non-hydrogen) atoms. The highest BCUT2D eigenvalue weighted by atomic mass is 19.1. The Morgan fingerprint density at radius 1 is 1.13 bits per heavy atom. The van der Waals surface area contributed by atoms with E-state index < -0.39 is 0 Å². The summed E-state index contributed by atoms with van der Waals surface area (Å²) in [7, 11) is 0. The van der Waals surface area contributed by atoms with Crippen molar-refractivity contribution in [2.45, 2.75) is 37.8 Å². The van der Waals surface area contributed by atoms with Crippen molar-refractivity contribution in [1.82, 2.24) is 0 Å². The highest BCUT2D eigenvalue weighted by molar-refractivity contribution is 5.44. The number of aliphatic hydroxyl groups is 1. The van der Waals surface area contributed by atoms with Gasteiger partial charge in [-0.25, -0.2) is 4.39 Å². The van der Waals surface area contributed by atoms with E-state index in [2.05, 4.69) is 5.32 Å². The van der Waals surface area contributed by atoms with Crippen molar-refractivity contribution in [1.29, 1.82) is 0 Å². The average Bonchev–Trinajstić information content (AvgIpc) is 2.25. The number of hydrogen-bond acceptors (Lipinski definition) is 2. The molecule has 2 atom stereocenters. The van der Waals surface area contributed by atoms with Crippen LogP contribution >= 0.6 is 0 Å². The lowest BCUT2D eigenvalue weighted by Crippen LogP contribution is -2.36. The first-order chi connectivity index (χ1) is 7.25. The van der Waals surface area contributed by atoms with Crippen LogP contribution < -0.4 is 5.32 Å². The van der Waals surface area contributed by atoms with Gasteiger partial charge in [0, 0.05) is 5.69 Å². The van der Waals surface area contributed by atoms with E-state index in [-0.39, 0.29) is 18.0 Å². The third-order valence-corrected chi connectivity index (χ3v) is 2.93. The zero-order valence-corrected chi connectivity index (χ0v) is 8.62.